The molecule has 1 aromatic heterocycles. The van der Waals surface area contributed by atoms with Crippen LogP contribution in [0.1, 0.15) is 19.3 Å². The quantitative estimate of drug-likeness (QED) is 0.686. The van der Waals surface area contributed by atoms with Gasteiger partial charge >= 0.3 is 0 Å². The Morgan fingerprint density at radius 1 is 1.15 bits per heavy atom. The van der Waals surface area contributed by atoms with Crippen LogP contribution in [0.15, 0.2) is 12.7 Å². The zero-order valence-corrected chi connectivity index (χ0v) is 7.89. The number of hydrogen-bond acceptors (Lipinski definition) is 3. The highest BCUT2D eigenvalue weighted by Crippen LogP contribution is 2.07. The lowest BCUT2D eigenvalue weighted by atomic mass is 10.4. The van der Waals surface area contributed by atoms with Crippen LogP contribution in [-0.4, -0.2) is 39.3 Å². The first-order chi connectivity index (χ1) is 6.45. The summed E-state index contributed by atoms with van der Waals surface area (Å²) in [4.78, 5) is 6.44. The molecule has 0 amide bonds. The summed E-state index contributed by atoms with van der Waals surface area (Å²) in [6.45, 7) is 4.78. The molecule has 2 heterocycles. The molecule has 0 saturated carbocycles. The minimum Gasteiger partial charge on any atom is -0.303 e. The normalized spacial score (nSPS) is 18.2. The molecule has 0 atom stereocenters. The van der Waals surface area contributed by atoms with E-state index in [-0.39, 0.29) is 0 Å². The maximum absolute atomic E-state index is 4.07. The van der Waals surface area contributed by atoms with Crippen molar-refractivity contribution in [3.05, 3.63) is 12.7 Å². The van der Waals surface area contributed by atoms with E-state index in [1.165, 1.54) is 38.9 Å². The molecule has 0 aromatic carbocycles. The van der Waals surface area contributed by atoms with Gasteiger partial charge in [-0.25, -0.2) is 4.98 Å². The predicted molar refractivity (Wildman–Crippen MR) is 50.3 cm³/mol. The Bertz CT molecular complexity index is 226. The minimum absolute atomic E-state index is 0.997. The summed E-state index contributed by atoms with van der Waals surface area (Å²) in [5, 5.41) is 4.07. The summed E-state index contributed by atoms with van der Waals surface area (Å²) >= 11 is 0. The van der Waals surface area contributed by atoms with E-state index < -0.39 is 0 Å². The lowest BCUT2D eigenvalue weighted by Gasteiger charge is -2.13. The van der Waals surface area contributed by atoms with Crippen LogP contribution in [-0.2, 0) is 6.54 Å². The van der Waals surface area contributed by atoms with Crippen LogP contribution in [0.5, 0.6) is 0 Å². The van der Waals surface area contributed by atoms with Crippen LogP contribution in [0.25, 0.3) is 0 Å². The molecule has 1 aliphatic heterocycles. The van der Waals surface area contributed by atoms with Crippen LogP contribution < -0.4 is 0 Å². The summed E-state index contributed by atoms with van der Waals surface area (Å²) < 4.78 is 1.90. The highest BCUT2D eigenvalue weighted by atomic mass is 15.3. The standard InChI is InChI=1S/C9H16N4/c1-2-5-12(4-1)6-3-7-13-9-10-8-11-13/h8-9H,1-7H2. The molecule has 1 aliphatic rings. The summed E-state index contributed by atoms with van der Waals surface area (Å²) in [6.07, 6.45) is 7.32. The van der Waals surface area contributed by atoms with Crippen molar-refractivity contribution in [2.24, 2.45) is 0 Å². The van der Waals surface area contributed by atoms with Gasteiger partial charge in [-0.3, -0.25) is 4.68 Å². The maximum atomic E-state index is 4.07. The Balaban J connectivity index is 1.63. The van der Waals surface area contributed by atoms with E-state index in [9.17, 15) is 0 Å². The molecule has 0 spiro atoms. The van der Waals surface area contributed by atoms with E-state index in [1.807, 2.05) is 4.68 Å². The largest absolute Gasteiger partial charge is 0.303 e. The van der Waals surface area contributed by atoms with Crippen molar-refractivity contribution in [3.8, 4) is 0 Å². The summed E-state index contributed by atoms with van der Waals surface area (Å²) in [7, 11) is 0. The van der Waals surface area contributed by atoms with Crippen LogP contribution in [0, 0.1) is 0 Å². The van der Waals surface area contributed by atoms with E-state index in [2.05, 4.69) is 15.0 Å². The Hall–Kier alpha value is -0.900. The van der Waals surface area contributed by atoms with Crippen molar-refractivity contribution in [3.63, 3.8) is 0 Å². The first-order valence-electron chi connectivity index (χ1n) is 5.00. The molecule has 4 heteroatoms. The number of aryl methyl sites for hydroxylation is 1. The first-order valence-corrected chi connectivity index (χ1v) is 5.00. The van der Waals surface area contributed by atoms with E-state index in [0.29, 0.717) is 0 Å². The second kappa shape index (κ2) is 4.37. The van der Waals surface area contributed by atoms with E-state index >= 15 is 0 Å². The average molecular weight is 180 g/mol. The van der Waals surface area contributed by atoms with Gasteiger partial charge in [-0.15, -0.1) is 0 Å². The van der Waals surface area contributed by atoms with Gasteiger partial charge in [-0.05, 0) is 38.9 Å². The first kappa shape index (κ1) is 8.69. The number of likely N-dealkylation sites (tertiary alicyclic amines) is 1. The molecule has 1 fully saturated rings. The van der Waals surface area contributed by atoms with Gasteiger partial charge in [-0.1, -0.05) is 0 Å². The summed E-state index contributed by atoms with van der Waals surface area (Å²) in [5.41, 5.74) is 0. The average Bonchev–Trinajstić information content (AvgIpc) is 2.75. The van der Waals surface area contributed by atoms with Crippen molar-refractivity contribution in [1.82, 2.24) is 19.7 Å². The molecule has 0 radical (unpaired) electrons. The van der Waals surface area contributed by atoms with Crippen LogP contribution in [0.4, 0.5) is 0 Å². The topological polar surface area (TPSA) is 34.0 Å². The van der Waals surface area contributed by atoms with Crippen LogP contribution >= 0.6 is 0 Å². The Kier molecular flexibility index (Phi) is 2.92. The van der Waals surface area contributed by atoms with Gasteiger partial charge in [0.25, 0.3) is 0 Å². The monoisotopic (exact) mass is 180 g/mol. The Morgan fingerprint density at radius 3 is 2.69 bits per heavy atom. The second-order valence-electron chi connectivity index (χ2n) is 3.56. The molecule has 0 unspecified atom stereocenters. The minimum atomic E-state index is 0.997. The third kappa shape index (κ3) is 2.52. The fraction of sp³-hybridized carbons (Fsp3) is 0.778. The molecule has 0 bridgehead atoms. The van der Waals surface area contributed by atoms with Gasteiger partial charge in [0.05, 0.1) is 0 Å². The van der Waals surface area contributed by atoms with Gasteiger partial charge in [0, 0.05) is 6.54 Å². The number of hydrogen-bond donors (Lipinski definition) is 0. The Labute approximate surface area is 78.6 Å². The summed E-state index contributed by atoms with van der Waals surface area (Å²) in [6, 6.07) is 0. The maximum Gasteiger partial charge on any atom is 0.137 e. The SMILES string of the molecule is c1ncn(CCCN2CCCC2)n1. The highest BCUT2D eigenvalue weighted by Gasteiger charge is 2.10. The van der Waals surface area contributed by atoms with Crippen molar-refractivity contribution in [1.29, 1.82) is 0 Å². The molecule has 4 nitrogen and oxygen atoms in total. The molecular formula is C9H16N4. The van der Waals surface area contributed by atoms with Gasteiger partial charge in [0.1, 0.15) is 12.7 Å². The molecule has 0 N–H and O–H groups in total. The Morgan fingerprint density at radius 2 is 2.00 bits per heavy atom. The third-order valence-corrected chi connectivity index (χ3v) is 2.53. The zero-order valence-electron chi connectivity index (χ0n) is 7.89. The van der Waals surface area contributed by atoms with E-state index in [0.717, 1.165) is 6.54 Å². The summed E-state index contributed by atoms with van der Waals surface area (Å²) in [5.74, 6) is 0. The fourth-order valence-electron chi connectivity index (χ4n) is 1.81. The molecule has 72 valence electrons. The van der Waals surface area contributed by atoms with Crippen molar-refractivity contribution >= 4 is 0 Å². The van der Waals surface area contributed by atoms with Crippen molar-refractivity contribution in [2.75, 3.05) is 19.6 Å². The molecule has 13 heavy (non-hydrogen) atoms. The van der Waals surface area contributed by atoms with Crippen molar-refractivity contribution < 1.29 is 0 Å². The van der Waals surface area contributed by atoms with Gasteiger partial charge in [0.15, 0.2) is 0 Å². The molecule has 2 rings (SSSR count). The predicted octanol–water partition coefficient (Wildman–Crippen LogP) is 0.764. The number of nitrogens with zero attached hydrogens (tertiary/aromatic N) is 4. The second-order valence-corrected chi connectivity index (χ2v) is 3.56. The molecular weight excluding hydrogens is 164 g/mol. The van der Waals surface area contributed by atoms with Crippen molar-refractivity contribution in [2.45, 2.75) is 25.8 Å². The van der Waals surface area contributed by atoms with E-state index in [4.69, 9.17) is 0 Å². The lowest BCUT2D eigenvalue weighted by Crippen LogP contribution is -2.21. The van der Waals surface area contributed by atoms with Crippen LogP contribution in [0.2, 0.25) is 0 Å². The van der Waals surface area contributed by atoms with E-state index in [1.54, 1.807) is 12.7 Å². The highest BCUT2D eigenvalue weighted by molar-refractivity contribution is 4.66. The number of rotatable bonds is 4. The van der Waals surface area contributed by atoms with Gasteiger partial charge < -0.3 is 4.90 Å². The molecule has 0 aliphatic carbocycles. The third-order valence-electron chi connectivity index (χ3n) is 2.53. The smallest absolute Gasteiger partial charge is 0.137 e. The van der Waals surface area contributed by atoms with Crippen LogP contribution in [0.3, 0.4) is 0 Å². The fourth-order valence-corrected chi connectivity index (χ4v) is 1.81. The zero-order chi connectivity index (χ0) is 8.93. The number of aromatic nitrogens is 3. The molecule has 1 saturated heterocycles. The lowest BCUT2D eigenvalue weighted by molar-refractivity contribution is 0.322. The van der Waals surface area contributed by atoms with Gasteiger partial charge in [-0.2, -0.15) is 5.10 Å². The molecule has 1 aromatic rings. The van der Waals surface area contributed by atoms with Gasteiger partial charge in [0.2, 0.25) is 0 Å².